The van der Waals surface area contributed by atoms with Crippen molar-refractivity contribution in [2.75, 3.05) is 12.4 Å². The van der Waals surface area contributed by atoms with Crippen LogP contribution in [0.5, 0.6) is 5.75 Å². The average molecular weight is 465 g/mol. The average Bonchev–Trinajstić information content (AvgIpc) is 3.18. The molecule has 0 aliphatic heterocycles. The zero-order valence-electron chi connectivity index (χ0n) is 15.6. The van der Waals surface area contributed by atoms with Crippen molar-refractivity contribution in [1.82, 2.24) is 4.98 Å². The molecule has 0 saturated heterocycles. The lowest BCUT2D eigenvalue weighted by Gasteiger charge is -2.04. The molecule has 144 valence electrons. The van der Waals surface area contributed by atoms with E-state index in [1.807, 2.05) is 66.7 Å². The number of amides is 1. The number of benzene rings is 3. The number of carbonyl (C=O) groups excluding carboxylic acids is 1. The van der Waals surface area contributed by atoms with Gasteiger partial charge < -0.3 is 4.74 Å². The Hall–Kier alpha value is -2.96. The first kappa shape index (κ1) is 19.4. The fourth-order valence-electron chi connectivity index (χ4n) is 2.90. The van der Waals surface area contributed by atoms with Crippen molar-refractivity contribution < 1.29 is 9.53 Å². The van der Waals surface area contributed by atoms with E-state index in [2.05, 4.69) is 21.2 Å². The topological polar surface area (TPSA) is 51.2 Å². The number of hydrogen-bond acceptors (Lipinski definition) is 4. The Balaban J connectivity index is 1.72. The molecule has 0 aliphatic carbocycles. The van der Waals surface area contributed by atoms with Crippen molar-refractivity contribution in [2.45, 2.75) is 0 Å². The standard InChI is InChI=1S/C23H17BrN2O2S/c1-28-19-12-10-15(11-13-19)20-21(16-6-3-2-4-7-16)29-23(25-20)26-22(27)17-8-5-9-18(24)14-17/h2-14H,1H3,(H,25,26,27). The highest BCUT2D eigenvalue weighted by Crippen LogP contribution is 2.39. The molecule has 0 spiro atoms. The molecule has 3 aromatic carbocycles. The Morgan fingerprint density at radius 2 is 1.72 bits per heavy atom. The predicted molar refractivity (Wildman–Crippen MR) is 122 cm³/mol. The molecule has 0 aliphatic rings. The third kappa shape index (κ3) is 4.39. The van der Waals surface area contributed by atoms with Crippen molar-refractivity contribution in [3.05, 3.63) is 88.9 Å². The van der Waals surface area contributed by atoms with Crippen LogP contribution < -0.4 is 10.1 Å². The van der Waals surface area contributed by atoms with Gasteiger partial charge in [0.25, 0.3) is 5.91 Å². The van der Waals surface area contributed by atoms with Crippen molar-refractivity contribution in [3.63, 3.8) is 0 Å². The molecule has 4 rings (SSSR count). The van der Waals surface area contributed by atoms with Gasteiger partial charge in [0, 0.05) is 15.6 Å². The number of carbonyl (C=O) groups is 1. The Morgan fingerprint density at radius 1 is 0.966 bits per heavy atom. The third-order valence-electron chi connectivity index (χ3n) is 4.33. The molecular formula is C23H17BrN2O2S. The summed E-state index contributed by atoms with van der Waals surface area (Å²) in [7, 11) is 1.64. The number of methoxy groups -OCH3 is 1. The second-order valence-electron chi connectivity index (χ2n) is 6.26. The molecule has 4 nitrogen and oxygen atoms in total. The molecule has 1 N–H and O–H groups in total. The molecule has 0 saturated carbocycles. The number of aromatic nitrogens is 1. The summed E-state index contributed by atoms with van der Waals surface area (Å²) in [4.78, 5) is 18.4. The van der Waals surface area contributed by atoms with E-state index in [-0.39, 0.29) is 5.91 Å². The van der Waals surface area contributed by atoms with Crippen LogP contribution in [0.2, 0.25) is 0 Å². The zero-order valence-corrected chi connectivity index (χ0v) is 18.0. The number of thiazole rings is 1. The fraction of sp³-hybridized carbons (Fsp3) is 0.0435. The largest absolute Gasteiger partial charge is 0.497 e. The first-order chi connectivity index (χ1) is 14.1. The predicted octanol–water partition coefficient (Wildman–Crippen LogP) is 6.50. The van der Waals surface area contributed by atoms with Crippen LogP contribution >= 0.6 is 27.3 Å². The van der Waals surface area contributed by atoms with Crippen LogP contribution in [0, 0.1) is 0 Å². The van der Waals surface area contributed by atoms with Gasteiger partial charge in [-0.15, -0.1) is 0 Å². The summed E-state index contributed by atoms with van der Waals surface area (Å²) in [6.45, 7) is 0. The quantitative estimate of drug-likeness (QED) is 0.366. The Morgan fingerprint density at radius 3 is 2.41 bits per heavy atom. The highest BCUT2D eigenvalue weighted by Gasteiger charge is 2.17. The highest BCUT2D eigenvalue weighted by molar-refractivity contribution is 9.10. The zero-order chi connectivity index (χ0) is 20.2. The van der Waals surface area contributed by atoms with Gasteiger partial charge in [0.05, 0.1) is 17.7 Å². The molecule has 0 radical (unpaired) electrons. The number of hydrogen-bond donors (Lipinski definition) is 1. The van der Waals surface area contributed by atoms with E-state index in [0.29, 0.717) is 10.7 Å². The first-order valence-corrected chi connectivity index (χ1v) is 10.5. The van der Waals surface area contributed by atoms with Gasteiger partial charge in [-0.3, -0.25) is 10.1 Å². The molecule has 1 amide bonds. The highest BCUT2D eigenvalue weighted by atomic mass is 79.9. The van der Waals surface area contributed by atoms with Crippen molar-refractivity contribution >= 4 is 38.3 Å². The van der Waals surface area contributed by atoms with Crippen LogP contribution in [0.15, 0.2) is 83.3 Å². The molecule has 1 heterocycles. The van der Waals surface area contributed by atoms with E-state index in [0.717, 1.165) is 31.9 Å². The number of halogens is 1. The molecule has 4 aromatic rings. The minimum Gasteiger partial charge on any atom is -0.497 e. The maximum atomic E-state index is 12.7. The van der Waals surface area contributed by atoms with Crippen molar-refractivity contribution in [2.24, 2.45) is 0 Å². The second-order valence-corrected chi connectivity index (χ2v) is 8.17. The molecular weight excluding hydrogens is 448 g/mol. The van der Waals surface area contributed by atoms with Gasteiger partial charge in [-0.1, -0.05) is 63.7 Å². The molecule has 6 heteroatoms. The summed E-state index contributed by atoms with van der Waals surface area (Å²) in [5.41, 5.74) is 3.41. The molecule has 29 heavy (non-hydrogen) atoms. The molecule has 0 unspecified atom stereocenters. The van der Waals surface area contributed by atoms with Crippen LogP contribution in [0.4, 0.5) is 5.13 Å². The summed E-state index contributed by atoms with van der Waals surface area (Å²) in [5, 5.41) is 3.49. The molecule has 0 fully saturated rings. The van der Waals surface area contributed by atoms with Gasteiger partial charge in [0.1, 0.15) is 5.75 Å². The second kappa shape index (κ2) is 8.59. The van der Waals surface area contributed by atoms with Crippen LogP contribution in [0.3, 0.4) is 0 Å². The number of ether oxygens (including phenoxy) is 1. The summed E-state index contributed by atoms with van der Waals surface area (Å²) in [6.07, 6.45) is 0. The molecule has 0 atom stereocenters. The Kier molecular flexibility index (Phi) is 5.74. The van der Waals surface area contributed by atoms with E-state index < -0.39 is 0 Å². The normalized spacial score (nSPS) is 10.6. The lowest BCUT2D eigenvalue weighted by atomic mass is 10.1. The van der Waals surface area contributed by atoms with Crippen LogP contribution in [-0.2, 0) is 0 Å². The lowest BCUT2D eigenvalue weighted by molar-refractivity contribution is 0.102. The summed E-state index contributed by atoms with van der Waals surface area (Å²) in [5.74, 6) is 0.592. The van der Waals surface area contributed by atoms with Gasteiger partial charge in [0.15, 0.2) is 5.13 Å². The van der Waals surface area contributed by atoms with Crippen LogP contribution in [0.1, 0.15) is 10.4 Å². The minimum atomic E-state index is -0.194. The smallest absolute Gasteiger partial charge is 0.257 e. The summed E-state index contributed by atoms with van der Waals surface area (Å²) < 4.78 is 6.11. The van der Waals surface area contributed by atoms with Gasteiger partial charge in [-0.2, -0.15) is 0 Å². The maximum absolute atomic E-state index is 12.7. The summed E-state index contributed by atoms with van der Waals surface area (Å²) >= 11 is 4.86. The van der Waals surface area contributed by atoms with E-state index >= 15 is 0 Å². The van der Waals surface area contributed by atoms with Gasteiger partial charge in [-0.25, -0.2) is 4.98 Å². The van der Waals surface area contributed by atoms with E-state index in [4.69, 9.17) is 9.72 Å². The number of rotatable bonds is 5. The van der Waals surface area contributed by atoms with E-state index in [9.17, 15) is 4.79 Å². The molecule has 1 aromatic heterocycles. The van der Waals surface area contributed by atoms with Gasteiger partial charge in [0.2, 0.25) is 0 Å². The maximum Gasteiger partial charge on any atom is 0.257 e. The lowest BCUT2D eigenvalue weighted by Crippen LogP contribution is -2.11. The number of nitrogens with one attached hydrogen (secondary N) is 1. The van der Waals surface area contributed by atoms with Crippen LogP contribution in [0.25, 0.3) is 21.7 Å². The van der Waals surface area contributed by atoms with Gasteiger partial charge in [-0.05, 0) is 48.0 Å². The Labute approximate surface area is 181 Å². The minimum absolute atomic E-state index is 0.194. The summed E-state index contributed by atoms with van der Waals surface area (Å²) in [6, 6.07) is 25.1. The van der Waals surface area contributed by atoms with E-state index in [1.165, 1.54) is 11.3 Å². The van der Waals surface area contributed by atoms with E-state index in [1.54, 1.807) is 19.2 Å². The van der Waals surface area contributed by atoms with Crippen LogP contribution in [-0.4, -0.2) is 18.0 Å². The first-order valence-electron chi connectivity index (χ1n) is 8.91. The monoisotopic (exact) mass is 464 g/mol. The number of nitrogens with zero attached hydrogens (tertiary/aromatic N) is 1. The van der Waals surface area contributed by atoms with Crippen molar-refractivity contribution in [3.8, 4) is 27.4 Å². The fourth-order valence-corrected chi connectivity index (χ4v) is 4.29. The van der Waals surface area contributed by atoms with Crippen molar-refractivity contribution in [1.29, 1.82) is 0 Å². The third-order valence-corrected chi connectivity index (χ3v) is 5.85. The Bertz CT molecular complexity index is 1140. The SMILES string of the molecule is COc1ccc(-c2nc(NC(=O)c3cccc(Br)c3)sc2-c2ccccc2)cc1. The molecule has 0 bridgehead atoms. The number of anilines is 1. The van der Waals surface area contributed by atoms with Gasteiger partial charge >= 0.3 is 0 Å².